The van der Waals surface area contributed by atoms with Gasteiger partial charge >= 0.3 is 0 Å². The van der Waals surface area contributed by atoms with Crippen LogP contribution in [-0.2, 0) is 0 Å². The van der Waals surface area contributed by atoms with Crippen LogP contribution in [0.15, 0.2) is 30.6 Å². The van der Waals surface area contributed by atoms with Crippen molar-refractivity contribution < 1.29 is 4.74 Å². The lowest BCUT2D eigenvalue weighted by atomic mass is 10.1. The fourth-order valence-corrected chi connectivity index (χ4v) is 1.58. The van der Waals surface area contributed by atoms with E-state index in [1.807, 2.05) is 25.1 Å². The summed E-state index contributed by atoms with van der Waals surface area (Å²) < 4.78 is 5.25. The number of methoxy groups -OCH3 is 1. The molecule has 82 valence electrons. The number of ether oxygens (including phenoxy) is 1. The van der Waals surface area contributed by atoms with Gasteiger partial charge in [0.05, 0.1) is 24.7 Å². The Morgan fingerprint density at radius 3 is 2.75 bits per heavy atom. The number of aryl methyl sites for hydroxylation is 1. The normalized spacial score (nSPS) is 10.1. The third kappa shape index (κ3) is 1.82. The summed E-state index contributed by atoms with van der Waals surface area (Å²) in [6.07, 6.45) is 3.34. The van der Waals surface area contributed by atoms with Crippen molar-refractivity contribution >= 4 is 5.69 Å². The van der Waals surface area contributed by atoms with Crippen LogP contribution in [0.2, 0.25) is 0 Å². The van der Waals surface area contributed by atoms with E-state index in [1.54, 1.807) is 19.5 Å². The zero-order valence-corrected chi connectivity index (χ0v) is 9.27. The molecular weight excluding hydrogens is 202 g/mol. The van der Waals surface area contributed by atoms with Gasteiger partial charge in [0.2, 0.25) is 0 Å². The smallest absolute Gasteiger partial charge is 0.146 e. The lowest BCUT2D eigenvalue weighted by Crippen LogP contribution is -1.96. The Morgan fingerprint density at radius 2 is 2.06 bits per heavy atom. The number of pyridine rings is 2. The second-order valence-electron chi connectivity index (χ2n) is 3.49. The second kappa shape index (κ2) is 4.18. The first kappa shape index (κ1) is 10.4. The second-order valence-corrected chi connectivity index (χ2v) is 3.49. The van der Waals surface area contributed by atoms with Crippen molar-refractivity contribution in [2.75, 3.05) is 12.8 Å². The van der Waals surface area contributed by atoms with Gasteiger partial charge in [-0.15, -0.1) is 0 Å². The quantitative estimate of drug-likeness (QED) is 0.832. The molecule has 0 aliphatic carbocycles. The fraction of sp³-hybridized carbons (Fsp3) is 0.167. The molecule has 2 rings (SSSR count). The summed E-state index contributed by atoms with van der Waals surface area (Å²) in [4.78, 5) is 8.57. The number of rotatable bonds is 2. The average molecular weight is 215 g/mol. The molecule has 0 aliphatic rings. The predicted molar refractivity (Wildman–Crippen MR) is 63.2 cm³/mol. The van der Waals surface area contributed by atoms with Crippen LogP contribution >= 0.6 is 0 Å². The van der Waals surface area contributed by atoms with Crippen molar-refractivity contribution in [3.05, 3.63) is 36.2 Å². The summed E-state index contributed by atoms with van der Waals surface area (Å²) >= 11 is 0. The highest BCUT2D eigenvalue weighted by molar-refractivity contribution is 5.66. The van der Waals surface area contributed by atoms with Crippen molar-refractivity contribution in [2.24, 2.45) is 0 Å². The number of aromatic nitrogens is 2. The van der Waals surface area contributed by atoms with E-state index in [0.29, 0.717) is 11.4 Å². The third-order valence-electron chi connectivity index (χ3n) is 2.31. The Balaban J connectivity index is 2.58. The molecule has 0 spiro atoms. The maximum Gasteiger partial charge on any atom is 0.146 e. The fourth-order valence-electron chi connectivity index (χ4n) is 1.58. The standard InChI is InChI=1S/C12H13N3O/c1-8-6-9(13)7-15-11(8)12-10(16-2)4-3-5-14-12/h3-7H,13H2,1-2H3. The number of nitrogens with two attached hydrogens (primary N) is 1. The van der Waals surface area contributed by atoms with E-state index in [-0.39, 0.29) is 0 Å². The molecule has 4 heteroatoms. The maximum absolute atomic E-state index is 5.66. The Bertz CT molecular complexity index is 511. The van der Waals surface area contributed by atoms with Crippen LogP contribution in [0.25, 0.3) is 11.4 Å². The van der Waals surface area contributed by atoms with Gasteiger partial charge in [0, 0.05) is 6.20 Å². The summed E-state index contributed by atoms with van der Waals surface area (Å²) in [5.41, 5.74) is 8.83. The van der Waals surface area contributed by atoms with Crippen LogP contribution in [-0.4, -0.2) is 17.1 Å². The van der Waals surface area contributed by atoms with Crippen molar-refractivity contribution in [1.29, 1.82) is 0 Å². The van der Waals surface area contributed by atoms with Gasteiger partial charge in [0.25, 0.3) is 0 Å². The van der Waals surface area contributed by atoms with Gasteiger partial charge in [-0.25, -0.2) is 0 Å². The number of nitrogens with zero attached hydrogens (tertiary/aromatic N) is 2. The maximum atomic E-state index is 5.66. The minimum absolute atomic E-state index is 0.649. The molecular formula is C12H13N3O. The van der Waals surface area contributed by atoms with Crippen molar-refractivity contribution in [2.45, 2.75) is 6.92 Å². The minimum atomic E-state index is 0.649. The molecule has 0 unspecified atom stereocenters. The third-order valence-corrected chi connectivity index (χ3v) is 2.31. The summed E-state index contributed by atoms with van der Waals surface area (Å²) in [6, 6.07) is 5.56. The van der Waals surface area contributed by atoms with Crippen molar-refractivity contribution in [1.82, 2.24) is 9.97 Å². The molecule has 2 N–H and O–H groups in total. The highest BCUT2D eigenvalue weighted by Crippen LogP contribution is 2.28. The van der Waals surface area contributed by atoms with Crippen molar-refractivity contribution in [3.63, 3.8) is 0 Å². The van der Waals surface area contributed by atoms with Crippen LogP contribution in [0.3, 0.4) is 0 Å². The molecule has 0 fully saturated rings. The highest BCUT2D eigenvalue weighted by atomic mass is 16.5. The molecule has 0 saturated carbocycles. The summed E-state index contributed by atoms with van der Waals surface area (Å²) in [5, 5.41) is 0. The SMILES string of the molecule is COc1cccnc1-c1ncc(N)cc1C. The number of nitrogen functional groups attached to an aromatic ring is 1. The van der Waals surface area contributed by atoms with E-state index in [4.69, 9.17) is 10.5 Å². The zero-order chi connectivity index (χ0) is 11.5. The van der Waals surface area contributed by atoms with Gasteiger partial charge in [0.15, 0.2) is 0 Å². The molecule has 0 radical (unpaired) electrons. The van der Waals surface area contributed by atoms with Crippen LogP contribution in [0, 0.1) is 6.92 Å². The highest BCUT2D eigenvalue weighted by Gasteiger charge is 2.10. The molecule has 0 amide bonds. The van der Waals surface area contributed by atoms with Crippen LogP contribution < -0.4 is 10.5 Å². The van der Waals surface area contributed by atoms with Gasteiger partial charge in [-0.2, -0.15) is 0 Å². The lowest BCUT2D eigenvalue weighted by Gasteiger charge is -2.08. The van der Waals surface area contributed by atoms with Crippen LogP contribution in [0.5, 0.6) is 5.75 Å². The van der Waals surface area contributed by atoms with E-state index in [0.717, 1.165) is 17.0 Å². The molecule has 4 nitrogen and oxygen atoms in total. The Hall–Kier alpha value is -2.10. The topological polar surface area (TPSA) is 61.0 Å². The molecule has 2 heterocycles. The summed E-state index contributed by atoms with van der Waals surface area (Å²) in [6.45, 7) is 1.95. The molecule has 0 aromatic carbocycles. The minimum Gasteiger partial charge on any atom is -0.494 e. The van der Waals surface area contributed by atoms with E-state index in [9.17, 15) is 0 Å². The first-order chi connectivity index (χ1) is 7.72. The first-order valence-electron chi connectivity index (χ1n) is 4.94. The van der Waals surface area contributed by atoms with E-state index in [2.05, 4.69) is 9.97 Å². The molecule has 0 bridgehead atoms. The summed E-state index contributed by atoms with van der Waals surface area (Å²) in [5.74, 6) is 0.711. The van der Waals surface area contributed by atoms with Crippen LogP contribution in [0.4, 0.5) is 5.69 Å². The number of hydrogen-bond acceptors (Lipinski definition) is 4. The van der Waals surface area contributed by atoms with Gasteiger partial charge in [0.1, 0.15) is 11.4 Å². The van der Waals surface area contributed by atoms with Gasteiger partial charge in [-0.1, -0.05) is 0 Å². The Kier molecular flexibility index (Phi) is 2.72. The predicted octanol–water partition coefficient (Wildman–Crippen LogP) is 2.04. The van der Waals surface area contributed by atoms with Gasteiger partial charge in [-0.3, -0.25) is 9.97 Å². The molecule has 2 aromatic rings. The largest absolute Gasteiger partial charge is 0.494 e. The molecule has 2 aromatic heterocycles. The first-order valence-corrected chi connectivity index (χ1v) is 4.94. The van der Waals surface area contributed by atoms with E-state index < -0.39 is 0 Å². The molecule has 0 aliphatic heterocycles. The Labute approximate surface area is 94.1 Å². The molecule has 16 heavy (non-hydrogen) atoms. The number of hydrogen-bond donors (Lipinski definition) is 1. The van der Waals surface area contributed by atoms with Gasteiger partial charge < -0.3 is 10.5 Å². The Morgan fingerprint density at radius 1 is 1.25 bits per heavy atom. The molecule has 0 saturated heterocycles. The summed E-state index contributed by atoms with van der Waals surface area (Å²) in [7, 11) is 1.62. The zero-order valence-electron chi connectivity index (χ0n) is 9.27. The lowest BCUT2D eigenvalue weighted by molar-refractivity contribution is 0.414. The average Bonchev–Trinajstić information content (AvgIpc) is 2.29. The van der Waals surface area contributed by atoms with Crippen LogP contribution in [0.1, 0.15) is 5.56 Å². The van der Waals surface area contributed by atoms with Gasteiger partial charge in [-0.05, 0) is 30.7 Å². The molecule has 0 atom stereocenters. The monoisotopic (exact) mass is 215 g/mol. The van der Waals surface area contributed by atoms with E-state index in [1.165, 1.54) is 0 Å². The van der Waals surface area contributed by atoms with E-state index >= 15 is 0 Å². The van der Waals surface area contributed by atoms with Crippen molar-refractivity contribution in [3.8, 4) is 17.1 Å². The number of anilines is 1.